The molecule has 0 radical (unpaired) electrons. The number of nitrogens with one attached hydrogen (secondary N) is 1. The van der Waals surface area contributed by atoms with E-state index in [-0.39, 0.29) is 12.5 Å². The molecule has 0 bridgehead atoms. The molecule has 126 valence electrons. The number of hydrogen-bond donors (Lipinski definition) is 1. The van der Waals surface area contributed by atoms with Crippen LogP contribution in [-0.2, 0) is 11.3 Å². The third-order valence-corrected chi connectivity index (χ3v) is 3.91. The minimum Gasteiger partial charge on any atom is -0.485 e. The average molecular weight is 336 g/mol. The number of pyridine rings is 1. The predicted molar refractivity (Wildman–Crippen MR) is 90.1 cm³/mol. The summed E-state index contributed by atoms with van der Waals surface area (Å²) in [5.41, 5.74) is 2.64. The first-order chi connectivity index (χ1) is 12.3. The minimum absolute atomic E-state index is 0.195. The van der Waals surface area contributed by atoms with Gasteiger partial charge in [-0.05, 0) is 29.8 Å². The standard InChI is InChI=1S/C19H16N2O4/c22-19(18-12-24-16-3-1-2-4-17(16)25-18)21-10-13-5-6-15(20-9-13)14-7-8-23-11-14/h1-9,11,18H,10,12H2,(H,21,22)/t18-/m0/s1. The molecule has 1 aliphatic heterocycles. The molecule has 4 rings (SSSR count). The number of fused-ring (bicyclic) bond motifs is 1. The predicted octanol–water partition coefficient (Wildman–Crippen LogP) is 2.80. The first-order valence-corrected chi connectivity index (χ1v) is 7.93. The molecule has 0 aliphatic carbocycles. The Morgan fingerprint density at radius 3 is 2.80 bits per heavy atom. The van der Waals surface area contributed by atoms with Crippen LogP contribution in [0.3, 0.4) is 0 Å². The highest BCUT2D eigenvalue weighted by Crippen LogP contribution is 2.30. The largest absolute Gasteiger partial charge is 0.485 e. The second-order valence-corrected chi connectivity index (χ2v) is 5.65. The summed E-state index contributed by atoms with van der Waals surface area (Å²) in [7, 11) is 0. The Morgan fingerprint density at radius 2 is 2.04 bits per heavy atom. The Labute approximate surface area is 144 Å². The zero-order valence-electron chi connectivity index (χ0n) is 13.3. The summed E-state index contributed by atoms with van der Waals surface area (Å²) in [6.07, 6.45) is 4.32. The number of amides is 1. The molecule has 0 saturated carbocycles. The van der Waals surface area contributed by atoms with E-state index in [1.807, 2.05) is 36.4 Å². The van der Waals surface area contributed by atoms with Crippen molar-refractivity contribution in [1.82, 2.24) is 10.3 Å². The normalized spacial score (nSPS) is 15.6. The summed E-state index contributed by atoms with van der Waals surface area (Å²) in [6, 6.07) is 13.0. The summed E-state index contributed by atoms with van der Waals surface area (Å²) < 4.78 is 16.3. The third-order valence-electron chi connectivity index (χ3n) is 3.91. The van der Waals surface area contributed by atoms with E-state index in [0.29, 0.717) is 18.0 Å². The van der Waals surface area contributed by atoms with Crippen molar-refractivity contribution in [3.05, 3.63) is 66.8 Å². The van der Waals surface area contributed by atoms with Crippen LogP contribution in [0, 0.1) is 0 Å². The van der Waals surface area contributed by atoms with Crippen LogP contribution in [0.1, 0.15) is 5.56 Å². The number of benzene rings is 1. The van der Waals surface area contributed by atoms with Crippen molar-refractivity contribution in [3.8, 4) is 22.8 Å². The molecule has 3 aromatic rings. The van der Waals surface area contributed by atoms with Crippen LogP contribution in [-0.4, -0.2) is 23.6 Å². The zero-order valence-corrected chi connectivity index (χ0v) is 13.3. The lowest BCUT2D eigenvalue weighted by Crippen LogP contribution is -2.43. The zero-order chi connectivity index (χ0) is 17.1. The number of aromatic nitrogens is 1. The molecule has 1 aliphatic rings. The Balaban J connectivity index is 1.35. The first-order valence-electron chi connectivity index (χ1n) is 7.93. The first kappa shape index (κ1) is 15.3. The van der Waals surface area contributed by atoms with E-state index in [1.165, 1.54) is 0 Å². The summed E-state index contributed by atoms with van der Waals surface area (Å²) in [6.45, 7) is 0.569. The molecule has 3 heterocycles. The van der Waals surface area contributed by atoms with Crippen LogP contribution >= 0.6 is 0 Å². The van der Waals surface area contributed by atoms with Crippen molar-refractivity contribution in [3.63, 3.8) is 0 Å². The quantitative estimate of drug-likeness (QED) is 0.793. The summed E-state index contributed by atoms with van der Waals surface area (Å²) in [5.74, 6) is 1.03. The number of ether oxygens (including phenoxy) is 2. The van der Waals surface area contributed by atoms with E-state index in [9.17, 15) is 4.79 Å². The molecule has 0 saturated heterocycles. The van der Waals surface area contributed by atoms with Gasteiger partial charge in [0.1, 0.15) is 6.61 Å². The highest BCUT2D eigenvalue weighted by atomic mass is 16.6. The molecule has 1 atom stereocenters. The molecule has 0 fully saturated rings. The highest BCUT2D eigenvalue weighted by Gasteiger charge is 2.26. The Hall–Kier alpha value is -3.28. The number of carbonyl (C=O) groups is 1. The molecule has 1 amide bonds. The molecule has 6 heteroatoms. The van der Waals surface area contributed by atoms with Crippen LogP contribution < -0.4 is 14.8 Å². The van der Waals surface area contributed by atoms with Gasteiger partial charge in [0.25, 0.3) is 5.91 Å². The Morgan fingerprint density at radius 1 is 1.16 bits per heavy atom. The van der Waals surface area contributed by atoms with E-state index in [2.05, 4.69) is 10.3 Å². The van der Waals surface area contributed by atoms with Crippen LogP contribution in [0.2, 0.25) is 0 Å². The van der Waals surface area contributed by atoms with Crippen LogP contribution in [0.4, 0.5) is 0 Å². The lowest BCUT2D eigenvalue weighted by Gasteiger charge is -2.25. The van der Waals surface area contributed by atoms with Crippen molar-refractivity contribution < 1.29 is 18.7 Å². The number of rotatable bonds is 4. The molecule has 25 heavy (non-hydrogen) atoms. The number of nitrogens with zero attached hydrogens (tertiary/aromatic N) is 1. The van der Waals surface area contributed by atoms with Gasteiger partial charge in [0.2, 0.25) is 6.10 Å². The fourth-order valence-corrected chi connectivity index (χ4v) is 2.56. The SMILES string of the molecule is O=C(NCc1ccc(-c2ccoc2)nc1)[C@@H]1COc2ccccc2O1. The van der Waals surface area contributed by atoms with Crippen molar-refractivity contribution in [2.45, 2.75) is 12.6 Å². The van der Waals surface area contributed by atoms with Crippen molar-refractivity contribution in [1.29, 1.82) is 0 Å². The van der Waals surface area contributed by atoms with Gasteiger partial charge in [-0.15, -0.1) is 0 Å². The molecule has 6 nitrogen and oxygen atoms in total. The van der Waals surface area contributed by atoms with Gasteiger partial charge in [-0.25, -0.2) is 0 Å². The van der Waals surface area contributed by atoms with Gasteiger partial charge in [-0.1, -0.05) is 18.2 Å². The summed E-state index contributed by atoms with van der Waals surface area (Å²) >= 11 is 0. The van der Waals surface area contributed by atoms with E-state index in [4.69, 9.17) is 13.9 Å². The lowest BCUT2D eigenvalue weighted by atomic mass is 10.2. The number of para-hydroxylation sites is 2. The number of furan rings is 1. The van der Waals surface area contributed by atoms with Crippen molar-refractivity contribution in [2.75, 3.05) is 6.61 Å². The van der Waals surface area contributed by atoms with Gasteiger partial charge in [-0.2, -0.15) is 0 Å². The average Bonchev–Trinajstić information content (AvgIpc) is 3.21. The van der Waals surface area contributed by atoms with E-state index < -0.39 is 6.10 Å². The Kier molecular flexibility index (Phi) is 4.08. The van der Waals surface area contributed by atoms with Crippen LogP contribution in [0.15, 0.2) is 65.6 Å². The second-order valence-electron chi connectivity index (χ2n) is 5.65. The molecule has 2 aromatic heterocycles. The number of hydrogen-bond acceptors (Lipinski definition) is 5. The van der Waals surface area contributed by atoms with E-state index in [0.717, 1.165) is 16.8 Å². The van der Waals surface area contributed by atoms with Gasteiger partial charge in [0, 0.05) is 18.3 Å². The Bertz CT molecular complexity index is 859. The molecule has 1 aromatic carbocycles. The topological polar surface area (TPSA) is 73.6 Å². The minimum atomic E-state index is -0.659. The maximum Gasteiger partial charge on any atom is 0.264 e. The second kappa shape index (κ2) is 6.68. The van der Waals surface area contributed by atoms with Gasteiger partial charge < -0.3 is 19.2 Å². The molecular formula is C19H16N2O4. The van der Waals surface area contributed by atoms with Crippen molar-refractivity contribution in [2.24, 2.45) is 0 Å². The van der Waals surface area contributed by atoms with Crippen LogP contribution in [0.25, 0.3) is 11.3 Å². The molecule has 1 N–H and O–H groups in total. The molecule has 0 unspecified atom stereocenters. The molecule has 0 spiro atoms. The van der Waals surface area contributed by atoms with Gasteiger partial charge in [-0.3, -0.25) is 9.78 Å². The van der Waals surface area contributed by atoms with E-state index in [1.54, 1.807) is 24.8 Å². The lowest BCUT2D eigenvalue weighted by molar-refractivity contribution is -0.130. The van der Waals surface area contributed by atoms with Gasteiger partial charge >= 0.3 is 0 Å². The number of carbonyl (C=O) groups excluding carboxylic acids is 1. The van der Waals surface area contributed by atoms with Gasteiger partial charge in [0.15, 0.2) is 11.5 Å². The van der Waals surface area contributed by atoms with Crippen LogP contribution in [0.5, 0.6) is 11.5 Å². The maximum atomic E-state index is 12.3. The summed E-state index contributed by atoms with van der Waals surface area (Å²) in [5, 5.41) is 2.85. The summed E-state index contributed by atoms with van der Waals surface area (Å²) in [4.78, 5) is 16.7. The smallest absolute Gasteiger partial charge is 0.264 e. The monoisotopic (exact) mass is 336 g/mol. The highest BCUT2D eigenvalue weighted by molar-refractivity contribution is 5.81. The van der Waals surface area contributed by atoms with Crippen molar-refractivity contribution >= 4 is 5.91 Å². The van der Waals surface area contributed by atoms with E-state index >= 15 is 0 Å². The fourth-order valence-electron chi connectivity index (χ4n) is 2.56. The maximum absolute atomic E-state index is 12.3. The van der Waals surface area contributed by atoms with Gasteiger partial charge in [0.05, 0.1) is 18.2 Å². The third kappa shape index (κ3) is 3.33. The molecular weight excluding hydrogens is 320 g/mol. The fraction of sp³-hybridized carbons (Fsp3) is 0.158.